The maximum Gasteiger partial charge on any atom is 0.321 e. The van der Waals surface area contributed by atoms with Gasteiger partial charge in [0.25, 0.3) is 0 Å². The van der Waals surface area contributed by atoms with Crippen molar-refractivity contribution in [3.63, 3.8) is 0 Å². The van der Waals surface area contributed by atoms with Crippen molar-refractivity contribution in [1.29, 1.82) is 0 Å². The largest absolute Gasteiger partial charge is 0.376 e. The molecule has 0 bridgehead atoms. The van der Waals surface area contributed by atoms with Crippen LogP contribution in [0.2, 0.25) is 0 Å². The highest BCUT2D eigenvalue weighted by atomic mass is 16.2. The molecule has 0 saturated carbocycles. The topological polar surface area (TPSA) is 53.4 Å². The lowest BCUT2D eigenvalue weighted by atomic mass is 9.94. The van der Waals surface area contributed by atoms with Gasteiger partial charge in [0.05, 0.1) is 11.4 Å². The summed E-state index contributed by atoms with van der Waals surface area (Å²) in [5.74, 6) is 1.55. The molecule has 0 spiro atoms. The number of amides is 2. The zero-order valence-electron chi connectivity index (χ0n) is 15.3. The smallest absolute Gasteiger partial charge is 0.321 e. The summed E-state index contributed by atoms with van der Waals surface area (Å²) in [4.78, 5) is 21.1. The molecule has 25 heavy (non-hydrogen) atoms. The number of likely N-dealkylation sites (tertiary alicyclic amines) is 1. The summed E-state index contributed by atoms with van der Waals surface area (Å²) in [6.07, 6.45) is 6.91. The summed E-state index contributed by atoms with van der Waals surface area (Å²) < 4.78 is 2.06. The van der Waals surface area contributed by atoms with Gasteiger partial charge in [-0.15, -0.1) is 0 Å². The van der Waals surface area contributed by atoms with Crippen LogP contribution < -0.4 is 10.2 Å². The van der Waals surface area contributed by atoms with Gasteiger partial charge >= 0.3 is 6.03 Å². The van der Waals surface area contributed by atoms with Gasteiger partial charge in [-0.1, -0.05) is 12.1 Å². The predicted molar refractivity (Wildman–Crippen MR) is 101 cm³/mol. The van der Waals surface area contributed by atoms with Gasteiger partial charge in [0.15, 0.2) is 0 Å². The molecule has 6 heteroatoms. The second-order valence-corrected chi connectivity index (χ2v) is 6.95. The lowest BCUT2D eigenvalue weighted by Crippen LogP contribution is -2.43. The van der Waals surface area contributed by atoms with E-state index in [2.05, 4.69) is 14.9 Å². The molecule has 3 rings (SSSR count). The van der Waals surface area contributed by atoms with Crippen LogP contribution in [0.4, 0.5) is 16.2 Å². The van der Waals surface area contributed by atoms with E-state index in [9.17, 15) is 4.79 Å². The first-order valence-electron chi connectivity index (χ1n) is 8.83. The molecule has 0 aliphatic carbocycles. The lowest BCUT2D eigenvalue weighted by molar-refractivity contribution is 0.176. The van der Waals surface area contributed by atoms with E-state index < -0.39 is 0 Å². The third kappa shape index (κ3) is 4.13. The second kappa shape index (κ2) is 7.59. The van der Waals surface area contributed by atoms with Gasteiger partial charge in [-0.2, -0.15) is 0 Å². The Labute approximate surface area is 149 Å². The first-order chi connectivity index (χ1) is 12.0. The number of carbonyl (C=O) groups excluding carboxylic acids is 1. The highest BCUT2D eigenvalue weighted by Crippen LogP contribution is 2.25. The maximum absolute atomic E-state index is 12.7. The van der Waals surface area contributed by atoms with E-state index in [-0.39, 0.29) is 6.03 Å². The number of aromatic nitrogens is 2. The van der Waals surface area contributed by atoms with Crippen molar-refractivity contribution in [2.75, 3.05) is 37.4 Å². The number of carbonyl (C=O) groups is 1. The molecule has 6 nitrogen and oxygen atoms in total. The average molecular weight is 341 g/mol. The molecule has 2 aromatic rings. The molecule has 2 amide bonds. The van der Waals surface area contributed by atoms with E-state index in [1.165, 1.54) is 0 Å². The van der Waals surface area contributed by atoms with Crippen molar-refractivity contribution in [3.8, 4) is 0 Å². The quantitative estimate of drug-likeness (QED) is 0.930. The number of aryl methyl sites for hydroxylation is 1. The average Bonchev–Trinajstić information content (AvgIpc) is 3.00. The number of rotatable bonds is 4. The zero-order valence-corrected chi connectivity index (χ0v) is 15.3. The predicted octanol–water partition coefficient (Wildman–Crippen LogP) is 2.97. The van der Waals surface area contributed by atoms with Crippen molar-refractivity contribution in [1.82, 2.24) is 14.5 Å². The van der Waals surface area contributed by atoms with E-state index in [1.54, 1.807) is 0 Å². The molecule has 1 aliphatic heterocycles. The van der Waals surface area contributed by atoms with E-state index in [4.69, 9.17) is 0 Å². The van der Waals surface area contributed by atoms with Gasteiger partial charge < -0.3 is 19.7 Å². The molecule has 1 N–H and O–H groups in total. The van der Waals surface area contributed by atoms with E-state index in [1.807, 2.05) is 67.6 Å². The van der Waals surface area contributed by atoms with E-state index in [0.29, 0.717) is 5.92 Å². The number of para-hydroxylation sites is 2. The van der Waals surface area contributed by atoms with E-state index >= 15 is 0 Å². The number of hydrogen-bond donors (Lipinski definition) is 1. The minimum absolute atomic E-state index is 0.0150. The zero-order chi connectivity index (χ0) is 17.8. The van der Waals surface area contributed by atoms with Crippen LogP contribution in [-0.4, -0.2) is 47.7 Å². The monoisotopic (exact) mass is 341 g/mol. The molecule has 1 atom stereocenters. The fraction of sp³-hybridized carbons (Fsp3) is 0.474. The molecule has 134 valence electrons. The third-order valence-electron chi connectivity index (χ3n) is 4.83. The van der Waals surface area contributed by atoms with Gasteiger partial charge in [0, 0.05) is 53.0 Å². The number of imidazole rings is 1. The van der Waals surface area contributed by atoms with E-state index in [0.717, 1.165) is 49.6 Å². The fourth-order valence-electron chi connectivity index (χ4n) is 3.43. The number of urea groups is 1. The molecule has 1 aromatic heterocycles. The van der Waals surface area contributed by atoms with Crippen molar-refractivity contribution in [2.45, 2.75) is 19.3 Å². The summed E-state index contributed by atoms with van der Waals surface area (Å²) in [6, 6.07) is 7.87. The summed E-state index contributed by atoms with van der Waals surface area (Å²) in [6.45, 7) is 1.59. The van der Waals surface area contributed by atoms with Crippen molar-refractivity contribution in [3.05, 3.63) is 42.5 Å². The molecule has 1 saturated heterocycles. The van der Waals surface area contributed by atoms with Crippen LogP contribution in [0.3, 0.4) is 0 Å². The molecular formula is C19H27N5O. The van der Waals surface area contributed by atoms with Crippen molar-refractivity contribution < 1.29 is 4.79 Å². The summed E-state index contributed by atoms with van der Waals surface area (Å²) in [7, 11) is 5.98. The SMILES string of the molecule is CN(C)c1ccccc1NC(=O)N1CCCC(Cc2nccn2C)C1. The minimum atomic E-state index is -0.0150. The van der Waals surface area contributed by atoms with Crippen LogP contribution in [0, 0.1) is 5.92 Å². The van der Waals surface area contributed by atoms with Gasteiger partial charge in [-0.25, -0.2) is 9.78 Å². The second-order valence-electron chi connectivity index (χ2n) is 6.95. The Bertz CT molecular complexity index is 724. The Balaban J connectivity index is 1.63. The first-order valence-corrected chi connectivity index (χ1v) is 8.83. The molecule has 1 fully saturated rings. The Morgan fingerprint density at radius 2 is 2.16 bits per heavy atom. The Morgan fingerprint density at radius 3 is 2.88 bits per heavy atom. The van der Waals surface area contributed by atoms with Crippen LogP contribution in [0.5, 0.6) is 0 Å². The minimum Gasteiger partial charge on any atom is -0.376 e. The summed E-state index contributed by atoms with van der Waals surface area (Å²) >= 11 is 0. The fourth-order valence-corrected chi connectivity index (χ4v) is 3.43. The van der Waals surface area contributed by atoms with Gasteiger partial charge in [-0.05, 0) is 30.9 Å². The third-order valence-corrected chi connectivity index (χ3v) is 4.83. The Morgan fingerprint density at radius 1 is 1.36 bits per heavy atom. The Hall–Kier alpha value is -2.50. The van der Waals surface area contributed by atoms with Gasteiger partial charge in [0.2, 0.25) is 0 Å². The normalized spacial score (nSPS) is 17.4. The molecule has 2 heterocycles. The number of nitrogens with zero attached hydrogens (tertiary/aromatic N) is 4. The van der Waals surface area contributed by atoms with Crippen LogP contribution >= 0.6 is 0 Å². The first kappa shape index (κ1) is 17.3. The number of anilines is 2. The molecule has 1 aliphatic rings. The highest BCUT2D eigenvalue weighted by Gasteiger charge is 2.25. The highest BCUT2D eigenvalue weighted by molar-refractivity contribution is 5.93. The standard InChI is InChI=1S/C19H27N5O/c1-22(2)17-9-5-4-8-16(17)21-19(25)24-11-6-7-15(14-24)13-18-20-10-12-23(18)3/h4-5,8-10,12,15H,6-7,11,13-14H2,1-3H3,(H,21,25). The summed E-state index contributed by atoms with van der Waals surface area (Å²) in [5.41, 5.74) is 1.86. The number of benzene rings is 1. The maximum atomic E-state index is 12.7. The molecule has 0 radical (unpaired) electrons. The molecule has 1 aromatic carbocycles. The van der Waals surface area contributed by atoms with Gasteiger partial charge in [-0.3, -0.25) is 0 Å². The molecular weight excluding hydrogens is 314 g/mol. The summed E-state index contributed by atoms with van der Waals surface area (Å²) in [5, 5.41) is 3.08. The van der Waals surface area contributed by atoms with Crippen LogP contribution in [-0.2, 0) is 13.5 Å². The Kier molecular flexibility index (Phi) is 5.26. The van der Waals surface area contributed by atoms with Crippen molar-refractivity contribution in [2.24, 2.45) is 13.0 Å². The van der Waals surface area contributed by atoms with Crippen molar-refractivity contribution >= 4 is 17.4 Å². The number of nitrogens with one attached hydrogen (secondary N) is 1. The van der Waals surface area contributed by atoms with Crippen LogP contribution in [0.1, 0.15) is 18.7 Å². The van der Waals surface area contributed by atoms with Gasteiger partial charge in [0.1, 0.15) is 5.82 Å². The lowest BCUT2D eigenvalue weighted by Gasteiger charge is -2.33. The van der Waals surface area contributed by atoms with Crippen LogP contribution in [0.25, 0.3) is 0 Å². The molecule has 1 unspecified atom stereocenters. The number of hydrogen-bond acceptors (Lipinski definition) is 3. The van der Waals surface area contributed by atoms with Crippen LogP contribution in [0.15, 0.2) is 36.7 Å². The number of piperidine rings is 1.